The quantitative estimate of drug-likeness (QED) is 0.172. The molecule has 0 atom stereocenters. The van der Waals surface area contributed by atoms with Gasteiger partial charge in [-0.15, -0.1) is 12.4 Å². The van der Waals surface area contributed by atoms with Crippen molar-refractivity contribution in [2.24, 2.45) is 0 Å². The summed E-state index contributed by atoms with van der Waals surface area (Å²) in [7, 11) is -3.32. The molecule has 1 amide bonds. The van der Waals surface area contributed by atoms with Crippen LogP contribution in [-0.2, 0) is 16.6 Å². The second-order valence-corrected chi connectivity index (χ2v) is 12.5. The van der Waals surface area contributed by atoms with Crippen LogP contribution in [0.1, 0.15) is 34.3 Å². The van der Waals surface area contributed by atoms with E-state index in [0.29, 0.717) is 28.4 Å². The van der Waals surface area contributed by atoms with Crippen LogP contribution in [0, 0.1) is 12.7 Å². The maximum atomic E-state index is 13.3. The number of hydrogen-bond donors (Lipinski definition) is 3. The lowest BCUT2D eigenvalue weighted by atomic mass is 10.0. The lowest BCUT2D eigenvalue weighted by molar-refractivity contribution is 0.102. The second-order valence-electron chi connectivity index (χ2n) is 10.8. The van der Waals surface area contributed by atoms with Crippen molar-refractivity contribution in [3.8, 4) is 11.5 Å². The van der Waals surface area contributed by atoms with E-state index < -0.39 is 10.0 Å². The molecule has 1 saturated heterocycles. The molecule has 1 aliphatic rings. The lowest BCUT2D eigenvalue weighted by Crippen LogP contribution is -2.39. The zero-order valence-corrected chi connectivity index (χ0v) is 26.2. The van der Waals surface area contributed by atoms with Crippen LogP contribution in [0.25, 0.3) is 0 Å². The summed E-state index contributed by atoms with van der Waals surface area (Å²) in [5, 5.41) is 6.48. The SMILES string of the molecule is Cc1cccc(NC2CCN(Cc3ccc(Oc4ccc(NS(C)(=O)=O)cc4)cc3)CC2)c1C(=O)Nc1ccc(F)cc1.Cl. The fourth-order valence-electron chi connectivity index (χ4n) is 5.13. The first kappa shape index (κ1) is 32.8. The van der Waals surface area contributed by atoms with Crippen LogP contribution in [0.3, 0.4) is 0 Å². The number of nitrogens with one attached hydrogen (secondary N) is 3. The van der Waals surface area contributed by atoms with Crippen molar-refractivity contribution < 1.29 is 22.3 Å². The molecule has 5 rings (SSSR count). The Kier molecular flexibility index (Phi) is 10.9. The largest absolute Gasteiger partial charge is 0.457 e. The van der Waals surface area contributed by atoms with Crippen LogP contribution in [0.15, 0.2) is 91.0 Å². The Labute approximate surface area is 264 Å². The van der Waals surface area contributed by atoms with Gasteiger partial charge in [0.05, 0.1) is 11.8 Å². The molecule has 4 aromatic carbocycles. The summed E-state index contributed by atoms with van der Waals surface area (Å²) in [5.74, 6) is 0.747. The van der Waals surface area contributed by atoms with Crippen molar-refractivity contribution >= 4 is 45.4 Å². The number of hydrogen-bond acceptors (Lipinski definition) is 6. The number of aryl methyl sites for hydroxylation is 1. The number of carbonyl (C=O) groups is 1. The normalized spacial score (nSPS) is 13.9. The van der Waals surface area contributed by atoms with Crippen molar-refractivity contribution in [1.29, 1.82) is 0 Å². The van der Waals surface area contributed by atoms with Gasteiger partial charge in [0, 0.05) is 42.7 Å². The number of rotatable bonds is 10. The molecule has 0 spiro atoms. The van der Waals surface area contributed by atoms with E-state index in [1.54, 1.807) is 36.4 Å². The molecule has 0 radical (unpaired) electrons. The Morgan fingerprint density at radius 3 is 2.09 bits per heavy atom. The first-order chi connectivity index (χ1) is 20.6. The number of carbonyl (C=O) groups excluding carboxylic acids is 1. The van der Waals surface area contributed by atoms with E-state index in [1.165, 1.54) is 17.7 Å². The van der Waals surface area contributed by atoms with Crippen LogP contribution in [0.4, 0.5) is 21.5 Å². The molecule has 0 bridgehead atoms. The third-order valence-corrected chi connectivity index (χ3v) is 7.88. The highest BCUT2D eigenvalue weighted by atomic mass is 35.5. The van der Waals surface area contributed by atoms with Gasteiger partial charge in [0.1, 0.15) is 17.3 Å². The monoisotopic (exact) mass is 638 g/mol. The highest BCUT2D eigenvalue weighted by Gasteiger charge is 2.22. The predicted molar refractivity (Wildman–Crippen MR) is 176 cm³/mol. The van der Waals surface area contributed by atoms with Gasteiger partial charge in [-0.05, 0) is 97.6 Å². The predicted octanol–water partition coefficient (Wildman–Crippen LogP) is 7.05. The van der Waals surface area contributed by atoms with Gasteiger partial charge < -0.3 is 15.4 Å². The molecule has 3 N–H and O–H groups in total. The van der Waals surface area contributed by atoms with Gasteiger partial charge in [-0.3, -0.25) is 14.4 Å². The fraction of sp³-hybridized carbons (Fsp3) is 0.242. The Balaban J connectivity index is 0.00000442. The highest BCUT2D eigenvalue weighted by Crippen LogP contribution is 2.27. The van der Waals surface area contributed by atoms with Gasteiger partial charge in [0.2, 0.25) is 10.0 Å². The molecule has 0 unspecified atom stereocenters. The Morgan fingerprint density at radius 1 is 0.886 bits per heavy atom. The van der Waals surface area contributed by atoms with E-state index in [4.69, 9.17) is 4.74 Å². The Morgan fingerprint density at radius 2 is 1.48 bits per heavy atom. The first-order valence-corrected chi connectivity index (χ1v) is 16.0. The maximum Gasteiger partial charge on any atom is 0.258 e. The first-order valence-electron chi connectivity index (χ1n) is 14.1. The minimum Gasteiger partial charge on any atom is -0.457 e. The molecule has 44 heavy (non-hydrogen) atoms. The Hall–Kier alpha value is -4.12. The maximum absolute atomic E-state index is 13.3. The summed E-state index contributed by atoms with van der Waals surface area (Å²) in [5.41, 5.74) is 4.48. The number of nitrogens with zero attached hydrogens (tertiary/aromatic N) is 1. The van der Waals surface area contributed by atoms with Crippen LogP contribution in [-0.4, -0.2) is 44.6 Å². The summed E-state index contributed by atoms with van der Waals surface area (Å²) < 4.78 is 44.4. The van der Waals surface area contributed by atoms with Crippen LogP contribution >= 0.6 is 12.4 Å². The number of piperidine rings is 1. The van der Waals surface area contributed by atoms with Crippen LogP contribution in [0.2, 0.25) is 0 Å². The second kappa shape index (κ2) is 14.6. The molecule has 8 nitrogen and oxygen atoms in total. The molecular formula is C33H36ClFN4O4S. The highest BCUT2D eigenvalue weighted by molar-refractivity contribution is 7.92. The number of benzene rings is 4. The number of likely N-dealkylation sites (tertiary alicyclic amines) is 1. The number of ether oxygens (including phenoxy) is 1. The van der Waals surface area contributed by atoms with Crippen molar-refractivity contribution in [3.63, 3.8) is 0 Å². The van der Waals surface area contributed by atoms with E-state index >= 15 is 0 Å². The summed E-state index contributed by atoms with van der Waals surface area (Å²) in [4.78, 5) is 15.6. The van der Waals surface area contributed by atoms with E-state index in [2.05, 4.69) is 32.4 Å². The topological polar surface area (TPSA) is 99.8 Å². The average Bonchev–Trinajstić information content (AvgIpc) is 2.97. The zero-order chi connectivity index (χ0) is 30.4. The zero-order valence-electron chi connectivity index (χ0n) is 24.5. The molecule has 1 aliphatic heterocycles. The van der Waals surface area contributed by atoms with E-state index in [9.17, 15) is 17.6 Å². The Bertz CT molecular complexity index is 1660. The van der Waals surface area contributed by atoms with Crippen molar-refractivity contribution in [2.75, 3.05) is 34.7 Å². The molecule has 0 saturated carbocycles. The molecule has 232 valence electrons. The average molecular weight is 639 g/mol. The minimum absolute atomic E-state index is 0. The summed E-state index contributed by atoms with van der Waals surface area (Å²) in [6.45, 7) is 4.59. The fourth-order valence-corrected chi connectivity index (χ4v) is 5.70. The van der Waals surface area contributed by atoms with E-state index in [0.717, 1.165) is 50.0 Å². The van der Waals surface area contributed by atoms with Gasteiger partial charge in [0.15, 0.2) is 0 Å². The molecule has 0 aliphatic carbocycles. The van der Waals surface area contributed by atoms with E-state index in [-0.39, 0.29) is 30.2 Å². The summed E-state index contributed by atoms with van der Waals surface area (Å²) in [6.07, 6.45) is 3.00. The summed E-state index contributed by atoms with van der Waals surface area (Å²) >= 11 is 0. The third kappa shape index (κ3) is 9.19. The van der Waals surface area contributed by atoms with Crippen molar-refractivity contribution in [2.45, 2.75) is 32.4 Å². The summed E-state index contributed by atoms with van der Waals surface area (Å²) in [6, 6.07) is 26.5. The van der Waals surface area contributed by atoms with Gasteiger partial charge in [-0.1, -0.05) is 24.3 Å². The van der Waals surface area contributed by atoms with Crippen LogP contribution < -0.4 is 20.1 Å². The van der Waals surface area contributed by atoms with Gasteiger partial charge >= 0.3 is 0 Å². The number of sulfonamides is 1. The smallest absolute Gasteiger partial charge is 0.258 e. The number of anilines is 3. The van der Waals surface area contributed by atoms with Gasteiger partial charge in [-0.2, -0.15) is 0 Å². The third-order valence-electron chi connectivity index (χ3n) is 7.27. The molecule has 4 aromatic rings. The lowest BCUT2D eigenvalue weighted by Gasteiger charge is -2.33. The number of halogens is 2. The molecule has 11 heteroatoms. The molecule has 0 aromatic heterocycles. The molecule has 1 heterocycles. The standard InChI is InChI=1S/C33H35FN4O4S.ClH/c1-23-4-3-5-31(32(23)33(39)36-26-10-8-25(34)9-11-26)35-27-18-20-38(21-19-27)22-24-6-14-29(15-7-24)42-30-16-12-28(13-17-30)37-43(2,40)41;/h3-17,27,35,37H,18-22H2,1-2H3,(H,36,39);1H. The van der Waals surface area contributed by atoms with E-state index in [1.807, 2.05) is 37.3 Å². The molecular weight excluding hydrogens is 603 g/mol. The van der Waals surface area contributed by atoms with Gasteiger partial charge in [0.25, 0.3) is 5.91 Å². The van der Waals surface area contributed by atoms with Crippen molar-refractivity contribution in [1.82, 2.24) is 4.90 Å². The van der Waals surface area contributed by atoms with Crippen molar-refractivity contribution in [3.05, 3.63) is 114 Å². The molecule has 1 fully saturated rings. The minimum atomic E-state index is -3.32. The van der Waals surface area contributed by atoms with Crippen LogP contribution in [0.5, 0.6) is 11.5 Å². The number of amides is 1. The van der Waals surface area contributed by atoms with Gasteiger partial charge in [-0.25, -0.2) is 12.8 Å².